The van der Waals surface area contributed by atoms with Crippen LogP contribution in [0, 0.1) is 26.6 Å². The third-order valence-electron chi connectivity index (χ3n) is 22.4. The second-order valence-electron chi connectivity index (χ2n) is 32.7. The summed E-state index contributed by atoms with van der Waals surface area (Å²) in [5.41, 5.74) is 6.41. The van der Waals surface area contributed by atoms with Crippen LogP contribution in [0.25, 0.3) is 0 Å². The number of ether oxygens (including phenoxy) is 9. The molecule has 12 aromatic rings. The SMILES string of the molecule is CN(C(=O)[C@H](Cc1ccccc1)NC(=O)NS(=O)(=O)c1cccc(Cl)c1Cl)c1ccc2c(c1)OCO2.CN(C(=O)[C@H](Cc1ccccc1)NC(=O)NS(=O)(=O)c1ccccc1OC(F)(F)F)c1ccc2c(c1)OCO2.Cc1ccc(C)c(S(=O)(=O)NC(=O)N[C@@H](Cc2ccccc2)C(=O)N(C)c2ccc3c(c2)OCO3)c1.Cc1ccc(F)cc1S(=O)(=O)NC(=O)N[C@@H](Cc1ccccc1)C(=O)N(C)c1ccc2c(c1)OCO2. The van der Waals surface area contributed by atoms with Gasteiger partial charge < -0.3 is 83.5 Å². The minimum absolute atomic E-state index is 0.000985. The number of likely N-dealkylation sites (N-methyl/N-ethyl adjacent to an activating group) is 4. The number of anilines is 4. The first-order valence-electron chi connectivity index (χ1n) is 44.2. The van der Waals surface area contributed by atoms with Gasteiger partial charge in [-0.2, -0.15) is 0 Å². The molecule has 0 spiro atoms. The third kappa shape index (κ3) is 28.7. The molecule has 4 heterocycles. The predicted molar refractivity (Wildman–Crippen MR) is 532 cm³/mol. The number of halogens is 6. The number of hydrogen-bond donors (Lipinski definition) is 8. The Morgan fingerprint density at radius 1 is 0.327 bits per heavy atom. The summed E-state index contributed by atoms with van der Waals surface area (Å²) in [5, 5.41) is 9.60. The second-order valence-corrected chi connectivity index (χ2v) is 40.1. The smallest absolute Gasteiger partial charge is 0.454 e. The van der Waals surface area contributed by atoms with Gasteiger partial charge in [-0.05, 0) is 151 Å². The number of aryl methyl sites for hydroxylation is 3. The van der Waals surface area contributed by atoms with Crippen LogP contribution in [0.5, 0.6) is 51.7 Å². The average molecular weight is 2140 g/mol. The average Bonchev–Trinajstić information content (AvgIpc) is 1.11. The van der Waals surface area contributed by atoms with Gasteiger partial charge >= 0.3 is 30.5 Å². The molecule has 4 aliphatic rings. The highest BCUT2D eigenvalue weighted by molar-refractivity contribution is 7.91. The van der Waals surface area contributed by atoms with E-state index in [9.17, 15) is 89.6 Å². The van der Waals surface area contributed by atoms with Gasteiger partial charge in [0.1, 0.15) is 45.5 Å². The maximum absolute atomic E-state index is 13.6. The molecule has 8 N–H and O–H groups in total. The lowest BCUT2D eigenvalue weighted by Gasteiger charge is -2.25. The van der Waals surface area contributed by atoms with Crippen molar-refractivity contribution in [3.8, 4) is 51.7 Å². The molecule has 0 fully saturated rings. The van der Waals surface area contributed by atoms with E-state index in [1.54, 1.807) is 196 Å². The van der Waals surface area contributed by atoms with Crippen LogP contribution in [0.1, 0.15) is 38.9 Å². The number of carbonyl (C=O) groups is 8. The summed E-state index contributed by atoms with van der Waals surface area (Å²) in [4.78, 5) is 109. The van der Waals surface area contributed by atoms with Crippen molar-refractivity contribution in [2.75, 3.05) is 75.0 Å². The Hall–Kier alpha value is -16.1. The van der Waals surface area contributed by atoms with E-state index < -0.39 is 135 Å². The molecule has 12 aromatic carbocycles. The molecule has 0 aliphatic carbocycles. The van der Waals surface area contributed by atoms with Crippen LogP contribution in [0.15, 0.2) is 293 Å². The normalized spacial score (nSPS) is 13.1. The number of alkyl halides is 3. The molecule has 0 aromatic heterocycles. The molecular formula is C100H94Cl2F4N12O25S4. The molecule has 16 rings (SSSR count). The van der Waals surface area contributed by atoms with Crippen molar-refractivity contribution in [3.63, 3.8) is 0 Å². The number of benzene rings is 12. The molecular weight excluding hydrogens is 2040 g/mol. The number of urea groups is 4. The molecule has 4 atom stereocenters. The summed E-state index contributed by atoms with van der Waals surface area (Å²) in [7, 11) is -11.6. The zero-order valence-electron chi connectivity index (χ0n) is 78.8. The largest absolute Gasteiger partial charge is 0.573 e. The molecule has 0 radical (unpaired) electrons. The van der Waals surface area contributed by atoms with Gasteiger partial charge in [-0.1, -0.05) is 181 Å². The van der Waals surface area contributed by atoms with E-state index in [2.05, 4.69) is 26.0 Å². The lowest BCUT2D eigenvalue weighted by molar-refractivity contribution is -0.275. The van der Waals surface area contributed by atoms with E-state index in [1.165, 1.54) is 71.0 Å². The number of nitrogens with zero attached hydrogens (tertiary/aromatic N) is 4. The van der Waals surface area contributed by atoms with Crippen molar-refractivity contribution in [1.29, 1.82) is 0 Å². The molecule has 37 nitrogen and oxygen atoms in total. The van der Waals surface area contributed by atoms with Gasteiger partial charge in [-0.25, -0.2) is 76.1 Å². The molecule has 770 valence electrons. The van der Waals surface area contributed by atoms with E-state index in [1.807, 2.05) is 56.6 Å². The molecule has 47 heteroatoms. The predicted octanol–water partition coefficient (Wildman–Crippen LogP) is 14.0. The Morgan fingerprint density at radius 3 is 0.918 bits per heavy atom. The van der Waals surface area contributed by atoms with E-state index in [4.69, 9.17) is 61.1 Å². The van der Waals surface area contributed by atoms with Crippen LogP contribution in [-0.4, -0.2) is 167 Å². The van der Waals surface area contributed by atoms with Gasteiger partial charge in [0, 0.05) is 101 Å². The summed E-state index contributed by atoms with van der Waals surface area (Å²) < 4.78 is 208. The van der Waals surface area contributed by atoms with E-state index in [0.29, 0.717) is 79.9 Å². The van der Waals surface area contributed by atoms with Gasteiger partial charge in [-0.3, -0.25) is 19.2 Å². The minimum Gasteiger partial charge on any atom is -0.454 e. The van der Waals surface area contributed by atoms with Crippen LogP contribution in [0.2, 0.25) is 10.0 Å². The first kappa shape index (κ1) is 108. The monoisotopic (exact) mass is 2140 g/mol. The summed E-state index contributed by atoms with van der Waals surface area (Å²) in [6.45, 7) is 5.18. The zero-order chi connectivity index (χ0) is 106. The highest BCUT2D eigenvalue weighted by Gasteiger charge is 2.38. The van der Waals surface area contributed by atoms with Gasteiger partial charge in [0.05, 0.1) is 19.8 Å². The van der Waals surface area contributed by atoms with Crippen molar-refractivity contribution >= 4 is 134 Å². The van der Waals surface area contributed by atoms with Crippen molar-refractivity contribution in [1.82, 2.24) is 40.2 Å². The van der Waals surface area contributed by atoms with Crippen LogP contribution in [0.3, 0.4) is 0 Å². The minimum atomic E-state index is -5.17. The van der Waals surface area contributed by atoms with Gasteiger partial charge in [0.15, 0.2) is 46.0 Å². The molecule has 0 saturated carbocycles. The number of para-hydroxylation sites is 1. The summed E-state index contributed by atoms with van der Waals surface area (Å²) in [6.07, 6.45) is -4.82. The van der Waals surface area contributed by atoms with E-state index in [-0.39, 0.29) is 83.2 Å². The Labute approximate surface area is 851 Å². The summed E-state index contributed by atoms with van der Waals surface area (Å²) >= 11 is 11.9. The van der Waals surface area contributed by atoms with Crippen LogP contribution in [0.4, 0.5) is 59.5 Å². The number of fused-ring (bicyclic) bond motifs is 4. The Balaban J connectivity index is 0.000000164. The Bertz CT molecular complexity index is 6960. The number of carbonyl (C=O) groups excluding carboxylic acids is 8. The molecule has 147 heavy (non-hydrogen) atoms. The number of sulfonamides is 4. The highest BCUT2D eigenvalue weighted by atomic mass is 35.5. The van der Waals surface area contributed by atoms with Crippen LogP contribution < -0.4 is 102 Å². The first-order valence-corrected chi connectivity index (χ1v) is 50.8. The van der Waals surface area contributed by atoms with Crippen LogP contribution in [-0.2, 0) is 85.0 Å². The van der Waals surface area contributed by atoms with Crippen LogP contribution >= 0.6 is 23.2 Å². The Kier molecular flexibility index (Phi) is 35.0. The van der Waals surface area contributed by atoms with Crippen molar-refractivity contribution in [2.24, 2.45) is 0 Å². The zero-order valence-corrected chi connectivity index (χ0v) is 83.6. The number of rotatable bonds is 29. The Morgan fingerprint density at radius 2 is 0.599 bits per heavy atom. The summed E-state index contributed by atoms with van der Waals surface area (Å²) in [6, 6.07) is 62.6. The van der Waals surface area contributed by atoms with Gasteiger partial charge in [0.2, 0.25) is 50.8 Å². The number of nitrogens with one attached hydrogen (secondary N) is 8. The van der Waals surface area contributed by atoms with Gasteiger partial charge in [-0.15, -0.1) is 13.2 Å². The maximum Gasteiger partial charge on any atom is 0.573 e. The maximum atomic E-state index is 13.6. The quantitative estimate of drug-likeness (QED) is 0.0202. The number of amides is 12. The fourth-order valence-electron chi connectivity index (χ4n) is 14.9. The van der Waals surface area contributed by atoms with Crippen molar-refractivity contribution in [3.05, 3.63) is 328 Å². The standard InChI is InChI=1S/C26H27N3O6S.C25H22F3N3O7S.C25H24FN3O6S.C24H21Cl2N3O6S/c1-17-9-10-18(2)24(13-17)36(32,33)28-26(31)27-21(14-19-7-5-4-6-8-19)25(30)29(3)20-11-12-22-23(15-20)35-16-34-22;1-31(17-11-12-19-21(14-17)37-15-36-19)23(32)18(13-16-7-3-2-4-8-16)29-24(33)30-39(34,35)22-10-6-5-9-20(22)38-25(26,27)28;1-16-8-9-18(26)13-23(16)36(32,33)28-25(31)27-20(12-17-6-4-3-5-7-17)24(30)29(2)19-10-11-21-22(14-19)35-15-34-21;1-29(16-10-11-19-20(13-16)35-14-34-19)23(30)18(12-15-6-3-2-4-7-15)27-24(31)28-36(32,33)21-9-5-8-17(25)22(21)26/h4-13,15,21H,14,16H2,1-3H3,(H2,27,28,31);2-12,14,18H,13,15H2,1H3,(H2,29,30,33);3-11,13-14,20H,12,15H2,1-2H3,(H2,27,28,31);2-11,13,18H,12,14H2,1H3,(H2,27,28,31)/t21-;18-;20-;18-/m0000/s1. The highest BCUT2D eigenvalue weighted by Crippen LogP contribution is 2.41. The van der Waals surface area contributed by atoms with Gasteiger partial charge in [0.25, 0.3) is 40.1 Å². The molecule has 12 amide bonds. The molecule has 0 bridgehead atoms. The van der Waals surface area contributed by atoms with E-state index in [0.717, 1.165) is 58.7 Å². The molecule has 4 aliphatic heterocycles. The van der Waals surface area contributed by atoms with E-state index >= 15 is 0 Å². The lowest BCUT2D eigenvalue weighted by Crippen LogP contribution is -2.52. The van der Waals surface area contributed by atoms with Crippen molar-refractivity contribution < 1.29 is 132 Å². The molecule has 0 unspecified atom stereocenters. The fraction of sp³-hybridized carbons (Fsp3) is 0.200. The topological polar surface area (TPSA) is 465 Å². The fourth-order valence-corrected chi connectivity index (χ4v) is 20.1. The second kappa shape index (κ2) is 47.6. The first-order chi connectivity index (χ1) is 69.9. The summed E-state index contributed by atoms with van der Waals surface area (Å²) in [5.74, 6) is 0.289. The van der Waals surface area contributed by atoms with Crippen molar-refractivity contribution in [2.45, 2.75) is 96.6 Å². The number of hydrogen-bond acceptors (Lipinski definition) is 25. The molecule has 0 saturated heterocycles. The lowest BCUT2D eigenvalue weighted by atomic mass is 10.0. The third-order valence-corrected chi connectivity index (χ3v) is 29.0.